The molecule has 2 amide bonds. The molecule has 0 bridgehead atoms. The van der Waals surface area contributed by atoms with Crippen LogP contribution in [-0.2, 0) is 6.42 Å². The zero-order valence-electron chi connectivity index (χ0n) is 17.7. The second-order valence-electron chi connectivity index (χ2n) is 7.27. The summed E-state index contributed by atoms with van der Waals surface area (Å²) in [6.07, 6.45) is 5.90. The minimum Gasteiger partial charge on any atom is -0.339 e. The molecule has 0 spiro atoms. The topological polar surface area (TPSA) is 113 Å². The summed E-state index contributed by atoms with van der Waals surface area (Å²) in [4.78, 5) is 27.3. The maximum atomic E-state index is 11.9. The first kappa shape index (κ1) is 20.5. The first-order chi connectivity index (χ1) is 15.0. The van der Waals surface area contributed by atoms with Crippen LogP contribution in [-0.4, -0.2) is 62.6 Å². The molecule has 4 aromatic rings. The van der Waals surface area contributed by atoms with Gasteiger partial charge in [0.15, 0.2) is 5.82 Å². The third-order valence-corrected chi connectivity index (χ3v) is 4.61. The molecule has 31 heavy (non-hydrogen) atoms. The van der Waals surface area contributed by atoms with Crippen LogP contribution in [0.15, 0.2) is 47.4 Å². The van der Waals surface area contributed by atoms with E-state index in [9.17, 15) is 4.79 Å². The quantitative estimate of drug-likeness (QED) is 0.472. The van der Waals surface area contributed by atoms with E-state index in [1.165, 1.54) is 0 Å². The Balaban J connectivity index is 1.77. The number of hydrogen-bond acceptors (Lipinski definition) is 7. The lowest BCUT2D eigenvalue weighted by Gasteiger charge is -2.06. The van der Waals surface area contributed by atoms with Crippen LogP contribution in [0.1, 0.15) is 12.8 Å². The van der Waals surface area contributed by atoms with Gasteiger partial charge in [0.25, 0.3) is 0 Å². The Kier molecular flexibility index (Phi) is 5.89. The second kappa shape index (κ2) is 8.92. The molecule has 0 unspecified atom stereocenters. The molecule has 2 N–H and O–H groups in total. The number of hydrogen-bond donors (Lipinski definition) is 2. The zero-order chi connectivity index (χ0) is 21.8. The van der Waals surface area contributed by atoms with Crippen LogP contribution in [0.4, 0.5) is 10.6 Å². The van der Waals surface area contributed by atoms with E-state index in [1.807, 2.05) is 49.7 Å². The minimum absolute atomic E-state index is 0.314. The lowest BCUT2D eigenvalue weighted by atomic mass is 10.1. The Morgan fingerprint density at radius 3 is 2.84 bits per heavy atom. The number of rotatable bonds is 7. The number of urea groups is 1. The number of carbonyl (C=O) groups excluding carboxylic acids is 1. The Labute approximate surface area is 179 Å². The van der Waals surface area contributed by atoms with Crippen molar-refractivity contribution in [2.24, 2.45) is 0 Å². The summed E-state index contributed by atoms with van der Waals surface area (Å²) < 4.78 is 7.29. The van der Waals surface area contributed by atoms with E-state index < -0.39 is 0 Å². The van der Waals surface area contributed by atoms with Gasteiger partial charge in [-0.25, -0.2) is 9.78 Å². The molecule has 0 saturated heterocycles. The highest BCUT2D eigenvalue weighted by molar-refractivity contribution is 5.88. The molecule has 0 aliphatic heterocycles. The van der Waals surface area contributed by atoms with Crippen molar-refractivity contribution in [3.05, 3.63) is 48.7 Å². The van der Waals surface area contributed by atoms with Gasteiger partial charge in [0.1, 0.15) is 5.65 Å². The van der Waals surface area contributed by atoms with Gasteiger partial charge in [-0.15, -0.1) is 0 Å². The molecule has 0 atom stereocenters. The molecule has 10 heteroatoms. The Morgan fingerprint density at radius 1 is 1.23 bits per heavy atom. The molecule has 0 saturated carbocycles. The summed E-state index contributed by atoms with van der Waals surface area (Å²) >= 11 is 0. The van der Waals surface area contributed by atoms with E-state index in [1.54, 1.807) is 18.6 Å². The number of nitrogens with zero attached hydrogens (tertiary/aromatic N) is 6. The van der Waals surface area contributed by atoms with Gasteiger partial charge < -0.3 is 14.7 Å². The summed E-state index contributed by atoms with van der Waals surface area (Å²) in [6, 6.07) is 7.42. The number of likely N-dealkylation sites (N-methyl/N-ethyl adjacent to an activating group) is 1. The third kappa shape index (κ3) is 4.69. The van der Waals surface area contributed by atoms with Crippen LogP contribution in [0.2, 0.25) is 0 Å². The monoisotopic (exact) mass is 420 g/mol. The van der Waals surface area contributed by atoms with Crippen molar-refractivity contribution in [1.29, 1.82) is 0 Å². The van der Waals surface area contributed by atoms with Gasteiger partial charge in [0.05, 0.1) is 11.9 Å². The summed E-state index contributed by atoms with van der Waals surface area (Å²) in [6.45, 7) is 3.18. The van der Waals surface area contributed by atoms with Crippen molar-refractivity contribution in [3.63, 3.8) is 0 Å². The van der Waals surface area contributed by atoms with Crippen molar-refractivity contribution in [2.45, 2.75) is 13.3 Å². The number of anilines is 1. The van der Waals surface area contributed by atoms with Crippen LogP contribution in [0.3, 0.4) is 0 Å². The fourth-order valence-electron chi connectivity index (χ4n) is 3.12. The van der Waals surface area contributed by atoms with Crippen LogP contribution in [0.5, 0.6) is 0 Å². The fourth-order valence-corrected chi connectivity index (χ4v) is 3.12. The number of aromatic nitrogens is 5. The van der Waals surface area contributed by atoms with Crippen molar-refractivity contribution in [2.75, 3.05) is 32.5 Å². The highest BCUT2D eigenvalue weighted by Crippen LogP contribution is 2.28. The van der Waals surface area contributed by atoms with Crippen molar-refractivity contribution in [3.8, 4) is 22.6 Å². The Hall–Kier alpha value is -3.79. The molecule has 0 fully saturated rings. The fraction of sp³-hybridized carbons (Fsp3) is 0.286. The second-order valence-corrected chi connectivity index (χ2v) is 7.27. The Bertz CT molecular complexity index is 1180. The molecule has 4 rings (SSSR count). The third-order valence-electron chi connectivity index (χ3n) is 4.61. The first-order valence-corrected chi connectivity index (χ1v) is 9.99. The molecule has 0 radical (unpaired) electrons. The summed E-state index contributed by atoms with van der Waals surface area (Å²) in [5.41, 5.74) is 3.18. The molecular formula is C21H24N8O2. The predicted molar refractivity (Wildman–Crippen MR) is 117 cm³/mol. The summed E-state index contributed by atoms with van der Waals surface area (Å²) in [5.74, 6) is 1.43. The lowest BCUT2D eigenvalue weighted by molar-refractivity contribution is 0.252. The van der Waals surface area contributed by atoms with Crippen molar-refractivity contribution < 1.29 is 9.32 Å². The number of amides is 2. The van der Waals surface area contributed by atoms with E-state index in [0.29, 0.717) is 41.8 Å². The number of fused-ring (bicyclic) bond motifs is 1. The van der Waals surface area contributed by atoms with Gasteiger partial charge in [0, 0.05) is 37.5 Å². The maximum Gasteiger partial charge on any atom is 0.320 e. The van der Waals surface area contributed by atoms with E-state index >= 15 is 0 Å². The van der Waals surface area contributed by atoms with E-state index in [2.05, 4.69) is 35.6 Å². The van der Waals surface area contributed by atoms with Gasteiger partial charge >= 0.3 is 6.03 Å². The standard InChI is InChI=1S/C21H24N8O2/c1-4-23-21(30)25-17-13-29-16(20-26-19(31-27-20)7-9-28(2)3)10-15(11-18(29)24-17)14-6-5-8-22-12-14/h5-6,8,10-13H,4,7,9H2,1-3H3,(H2,23,25,30). The number of pyridine rings is 2. The van der Waals surface area contributed by atoms with E-state index in [-0.39, 0.29) is 6.03 Å². The molecule has 160 valence electrons. The molecule has 0 aromatic carbocycles. The Morgan fingerprint density at radius 2 is 2.10 bits per heavy atom. The van der Waals surface area contributed by atoms with Crippen LogP contribution in [0.25, 0.3) is 28.3 Å². The SMILES string of the molecule is CCNC(=O)Nc1cn2c(-c3noc(CCN(C)C)n3)cc(-c3cccnc3)cc2n1. The van der Waals surface area contributed by atoms with Crippen molar-refractivity contribution >= 4 is 17.5 Å². The smallest absolute Gasteiger partial charge is 0.320 e. The summed E-state index contributed by atoms with van der Waals surface area (Å²) in [5, 5.41) is 9.62. The van der Waals surface area contributed by atoms with Gasteiger partial charge in [-0.05, 0) is 44.8 Å². The maximum absolute atomic E-state index is 11.9. The zero-order valence-corrected chi connectivity index (χ0v) is 17.7. The van der Waals surface area contributed by atoms with Gasteiger partial charge in [-0.2, -0.15) is 4.98 Å². The number of carbonyl (C=O) groups is 1. The van der Waals surface area contributed by atoms with Crippen molar-refractivity contribution in [1.82, 2.24) is 34.7 Å². The van der Waals surface area contributed by atoms with Crippen LogP contribution < -0.4 is 10.6 Å². The van der Waals surface area contributed by atoms with Crippen LogP contribution in [0, 0.1) is 0 Å². The predicted octanol–water partition coefficient (Wildman–Crippen LogP) is 2.69. The number of imidazole rings is 1. The molecular weight excluding hydrogens is 396 g/mol. The molecule has 4 aromatic heterocycles. The summed E-state index contributed by atoms with van der Waals surface area (Å²) in [7, 11) is 3.99. The average molecular weight is 420 g/mol. The minimum atomic E-state index is -0.314. The molecule has 10 nitrogen and oxygen atoms in total. The lowest BCUT2D eigenvalue weighted by Crippen LogP contribution is -2.28. The first-order valence-electron chi connectivity index (χ1n) is 9.99. The molecule has 4 heterocycles. The highest BCUT2D eigenvalue weighted by atomic mass is 16.5. The van der Waals surface area contributed by atoms with Crippen LogP contribution >= 0.6 is 0 Å². The molecule has 0 aliphatic rings. The highest BCUT2D eigenvalue weighted by Gasteiger charge is 2.17. The number of nitrogens with one attached hydrogen (secondary N) is 2. The molecule has 0 aliphatic carbocycles. The largest absolute Gasteiger partial charge is 0.339 e. The average Bonchev–Trinajstić information content (AvgIpc) is 3.38. The van der Waals surface area contributed by atoms with Gasteiger partial charge in [0.2, 0.25) is 11.7 Å². The van der Waals surface area contributed by atoms with Gasteiger partial charge in [-0.3, -0.25) is 14.7 Å². The van der Waals surface area contributed by atoms with E-state index in [4.69, 9.17) is 4.52 Å². The normalized spacial score (nSPS) is 11.2. The van der Waals surface area contributed by atoms with E-state index in [0.717, 1.165) is 17.7 Å². The van der Waals surface area contributed by atoms with Gasteiger partial charge in [-0.1, -0.05) is 11.2 Å².